The van der Waals surface area contributed by atoms with Crippen LogP contribution in [-0.2, 0) is 22.4 Å². The molecule has 0 saturated carbocycles. The first-order chi connectivity index (χ1) is 10.5. The molecule has 2 aromatic carbocycles. The van der Waals surface area contributed by atoms with Crippen LogP contribution in [0.4, 0.5) is 5.69 Å². The van der Waals surface area contributed by atoms with E-state index in [-0.39, 0.29) is 12.3 Å². The summed E-state index contributed by atoms with van der Waals surface area (Å²) < 4.78 is 0. The zero-order valence-electron chi connectivity index (χ0n) is 12.0. The van der Waals surface area contributed by atoms with Crippen LogP contribution in [0.1, 0.15) is 11.1 Å². The third-order valence-corrected chi connectivity index (χ3v) is 3.21. The Bertz CT molecular complexity index is 639. The number of rotatable bonds is 6. The molecule has 0 bridgehead atoms. The molecule has 1 atom stereocenters. The molecule has 22 heavy (non-hydrogen) atoms. The molecule has 0 aliphatic carbocycles. The van der Waals surface area contributed by atoms with Gasteiger partial charge in [-0.2, -0.15) is 0 Å². The summed E-state index contributed by atoms with van der Waals surface area (Å²) in [5.41, 5.74) is 8.18. The predicted molar refractivity (Wildman–Crippen MR) is 84.5 cm³/mol. The molecule has 4 N–H and O–H groups in total. The zero-order chi connectivity index (χ0) is 15.9. The van der Waals surface area contributed by atoms with E-state index in [1.54, 1.807) is 24.3 Å². The third-order valence-electron chi connectivity index (χ3n) is 3.21. The van der Waals surface area contributed by atoms with Gasteiger partial charge in [-0.25, -0.2) is 0 Å². The number of carboxylic acid groups (broad SMARTS) is 1. The van der Waals surface area contributed by atoms with Crippen LogP contribution in [0.25, 0.3) is 0 Å². The second kappa shape index (κ2) is 7.38. The van der Waals surface area contributed by atoms with Crippen LogP contribution in [-0.4, -0.2) is 23.0 Å². The van der Waals surface area contributed by atoms with Gasteiger partial charge in [-0.15, -0.1) is 0 Å². The van der Waals surface area contributed by atoms with Gasteiger partial charge >= 0.3 is 5.97 Å². The zero-order valence-corrected chi connectivity index (χ0v) is 12.0. The highest BCUT2D eigenvalue weighted by Crippen LogP contribution is 2.11. The van der Waals surface area contributed by atoms with Gasteiger partial charge in [0.1, 0.15) is 0 Å². The highest BCUT2D eigenvalue weighted by atomic mass is 16.4. The Kier molecular flexibility index (Phi) is 5.27. The van der Waals surface area contributed by atoms with Gasteiger partial charge in [-0.1, -0.05) is 42.5 Å². The molecule has 0 aromatic heterocycles. The minimum absolute atomic E-state index is 0.0399. The molecular weight excluding hydrogens is 280 g/mol. The van der Waals surface area contributed by atoms with Crippen molar-refractivity contribution in [2.45, 2.75) is 18.9 Å². The maximum atomic E-state index is 12.0. The van der Waals surface area contributed by atoms with Crippen molar-refractivity contribution in [3.05, 3.63) is 65.7 Å². The van der Waals surface area contributed by atoms with Crippen molar-refractivity contribution in [3.63, 3.8) is 0 Å². The molecule has 0 aliphatic rings. The minimum atomic E-state index is -0.887. The van der Waals surface area contributed by atoms with Crippen LogP contribution in [0, 0.1) is 0 Å². The number of carbonyl (C=O) groups is 2. The van der Waals surface area contributed by atoms with Crippen LogP contribution in [0.3, 0.4) is 0 Å². The minimum Gasteiger partial charge on any atom is -0.481 e. The van der Waals surface area contributed by atoms with E-state index in [9.17, 15) is 9.59 Å². The summed E-state index contributed by atoms with van der Waals surface area (Å²) >= 11 is 0. The molecule has 0 heterocycles. The van der Waals surface area contributed by atoms with Crippen molar-refractivity contribution >= 4 is 17.6 Å². The molecule has 0 unspecified atom stereocenters. The van der Waals surface area contributed by atoms with E-state index < -0.39 is 12.0 Å². The topological polar surface area (TPSA) is 92.4 Å². The highest BCUT2D eigenvalue weighted by molar-refractivity contribution is 5.94. The van der Waals surface area contributed by atoms with Crippen LogP contribution in [0.15, 0.2) is 54.6 Å². The largest absolute Gasteiger partial charge is 0.481 e. The molecule has 5 heteroatoms. The molecule has 0 fully saturated rings. The molecular formula is C17H18N2O3. The number of nitrogens with two attached hydrogens (primary N) is 1. The van der Waals surface area contributed by atoms with Crippen LogP contribution >= 0.6 is 0 Å². The Morgan fingerprint density at radius 3 is 2.23 bits per heavy atom. The molecule has 114 valence electrons. The first-order valence-corrected chi connectivity index (χ1v) is 6.95. The van der Waals surface area contributed by atoms with Gasteiger partial charge in [-0.05, 0) is 29.7 Å². The average Bonchev–Trinajstić information content (AvgIpc) is 2.49. The molecule has 0 spiro atoms. The first-order valence-electron chi connectivity index (χ1n) is 6.95. The maximum absolute atomic E-state index is 12.0. The number of benzene rings is 2. The number of carbonyl (C=O) groups excluding carboxylic acids is 1. The SMILES string of the molecule is N[C@@H](Cc1ccccc1)C(=O)Nc1ccc(CC(=O)O)cc1. The van der Waals surface area contributed by atoms with Crippen molar-refractivity contribution in [1.82, 2.24) is 0 Å². The molecule has 1 amide bonds. The number of hydrogen-bond donors (Lipinski definition) is 3. The van der Waals surface area contributed by atoms with E-state index in [0.29, 0.717) is 17.7 Å². The van der Waals surface area contributed by atoms with Gasteiger partial charge in [0.25, 0.3) is 0 Å². The van der Waals surface area contributed by atoms with E-state index in [4.69, 9.17) is 10.8 Å². The third kappa shape index (κ3) is 4.71. The quantitative estimate of drug-likeness (QED) is 0.758. The van der Waals surface area contributed by atoms with E-state index in [0.717, 1.165) is 5.56 Å². The van der Waals surface area contributed by atoms with E-state index in [2.05, 4.69) is 5.32 Å². The van der Waals surface area contributed by atoms with Gasteiger partial charge in [0.15, 0.2) is 0 Å². The second-order valence-corrected chi connectivity index (χ2v) is 5.05. The van der Waals surface area contributed by atoms with Gasteiger partial charge in [0, 0.05) is 5.69 Å². The molecule has 2 aromatic rings. The summed E-state index contributed by atoms with van der Waals surface area (Å²) in [6.45, 7) is 0. The number of anilines is 1. The molecule has 0 aliphatic heterocycles. The van der Waals surface area contributed by atoms with Crippen LogP contribution < -0.4 is 11.1 Å². The fourth-order valence-corrected chi connectivity index (χ4v) is 2.08. The number of nitrogens with one attached hydrogen (secondary N) is 1. The van der Waals surface area contributed by atoms with E-state index >= 15 is 0 Å². The lowest BCUT2D eigenvalue weighted by Gasteiger charge is -2.12. The number of amides is 1. The Balaban J connectivity index is 1.92. The lowest BCUT2D eigenvalue weighted by molar-refractivity contribution is -0.136. The summed E-state index contributed by atoms with van der Waals surface area (Å²) in [5, 5.41) is 11.4. The second-order valence-electron chi connectivity index (χ2n) is 5.05. The smallest absolute Gasteiger partial charge is 0.307 e. The Morgan fingerprint density at radius 1 is 1.00 bits per heavy atom. The summed E-state index contributed by atoms with van der Waals surface area (Å²) in [6.07, 6.45) is 0.422. The van der Waals surface area contributed by atoms with Crippen molar-refractivity contribution < 1.29 is 14.7 Å². The Hall–Kier alpha value is -2.66. The lowest BCUT2D eigenvalue weighted by Crippen LogP contribution is -2.37. The normalized spacial score (nSPS) is 11.7. The summed E-state index contributed by atoms with van der Waals surface area (Å²) in [6, 6.07) is 15.6. The van der Waals surface area contributed by atoms with Crippen molar-refractivity contribution in [2.75, 3.05) is 5.32 Å². The number of carboxylic acids is 1. The monoisotopic (exact) mass is 298 g/mol. The predicted octanol–water partition coefficient (Wildman–Crippen LogP) is 1.82. The molecule has 5 nitrogen and oxygen atoms in total. The Morgan fingerprint density at radius 2 is 1.64 bits per heavy atom. The van der Waals surface area contributed by atoms with E-state index in [1.165, 1.54) is 0 Å². The van der Waals surface area contributed by atoms with Crippen molar-refractivity contribution in [3.8, 4) is 0 Å². The van der Waals surface area contributed by atoms with E-state index in [1.807, 2.05) is 30.3 Å². The van der Waals surface area contributed by atoms with Gasteiger partial charge < -0.3 is 16.2 Å². The molecule has 0 radical (unpaired) electrons. The number of hydrogen-bond acceptors (Lipinski definition) is 3. The summed E-state index contributed by atoms with van der Waals surface area (Å²) in [7, 11) is 0. The summed E-state index contributed by atoms with van der Waals surface area (Å²) in [4.78, 5) is 22.7. The fourth-order valence-electron chi connectivity index (χ4n) is 2.08. The molecule has 0 saturated heterocycles. The number of aliphatic carboxylic acids is 1. The Labute approximate surface area is 128 Å². The molecule has 2 rings (SSSR count). The van der Waals surface area contributed by atoms with Crippen LogP contribution in [0.2, 0.25) is 0 Å². The van der Waals surface area contributed by atoms with Gasteiger partial charge in [0.2, 0.25) is 5.91 Å². The van der Waals surface area contributed by atoms with Gasteiger partial charge in [0.05, 0.1) is 12.5 Å². The van der Waals surface area contributed by atoms with Crippen molar-refractivity contribution in [1.29, 1.82) is 0 Å². The van der Waals surface area contributed by atoms with Crippen molar-refractivity contribution in [2.24, 2.45) is 5.73 Å². The summed E-state index contributed by atoms with van der Waals surface area (Å²) in [5.74, 6) is -1.16. The average molecular weight is 298 g/mol. The first kappa shape index (κ1) is 15.7. The maximum Gasteiger partial charge on any atom is 0.307 e. The highest BCUT2D eigenvalue weighted by Gasteiger charge is 2.14. The van der Waals surface area contributed by atoms with Crippen LogP contribution in [0.5, 0.6) is 0 Å². The van der Waals surface area contributed by atoms with Gasteiger partial charge in [-0.3, -0.25) is 9.59 Å². The lowest BCUT2D eigenvalue weighted by atomic mass is 10.1. The fraction of sp³-hybridized carbons (Fsp3) is 0.176. The standard InChI is InChI=1S/C17H18N2O3/c18-15(10-12-4-2-1-3-5-12)17(22)19-14-8-6-13(7-9-14)11-16(20)21/h1-9,15H,10-11,18H2,(H,19,22)(H,20,21)/t15-/m0/s1.